The highest BCUT2D eigenvalue weighted by atomic mass is 16.5. The predicted octanol–water partition coefficient (Wildman–Crippen LogP) is 2.09. The van der Waals surface area contributed by atoms with Gasteiger partial charge in [0.1, 0.15) is 5.75 Å². The summed E-state index contributed by atoms with van der Waals surface area (Å²) in [4.78, 5) is 0. The second-order valence-electron chi connectivity index (χ2n) is 4.23. The van der Waals surface area contributed by atoms with Crippen molar-refractivity contribution in [3.8, 4) is 5.75 Å². The van der Waals surface area contributed by atoms with Crippen LogP contribution in [0.5, 0.6) is 5.75 Å². The van der Waals surface area contributed by atoms with Crippen LogP contribution < -0.4 is 4.74 Å². The molecule has 0 aromatic heterocycles. The Labute approximate surface area is 102 Å². The Hall–Kier alpha value is -1.32. The molecule has 1 aromatic carbocycles. The summed E-state index contributed by atoms with van der Waals surface area (Å²) in [5.41, 5.74) is 0.473. The van der Waals surface area contributed by atoms with E-state index in [4.69, 9.17) is 4.74 Å². The third-order valence-corrected chi connectivity index (χ3v) is 3.08. The molecule has 0 atom stereocenters. The van der Waals surface area contributed by atoms with E-state index in [1.54, 1.807) is 6.08 Å². The minimum Gasteiger partial charge on any atom is -0.493 e. The molecule has 0 aliphatic carbocycles. The van der Waals surface area contributed by atoms with Crippen LogP contribution in [0.1, 0.15) is 18.9 Å². The molecular formula is C14H20O3. The number of ether oxygens (including phenoxy) is 1. The smallest absolute Gasteiger partial charge is 0.119 e. The van der Waals surface area contributed by atoms with E-state index in [-0.39, 0.29) is 13.2 Å². The van der Waals surface area contributed by atoms with Crippen molar-refractivity contribution in [2.45, 2.75) is 13.3 Å². The van der Waals surface area contributed by atoms with Gasteiger partial charge in [-0.15, -0.1) is 0 Å². The number of aliphatic hydroxyl groups excluding tert-OH is 2. The summed E-state index contributed by atoms with van der Waals surface area (Å²) in [7, 11) is 0. The lowest BCUT2D eigenvalue weighted by atomic mass is 9.88. The Morgan fingerprint density at radius 3 is 2.24 bits per heavy atom. The van der Waals surface area contributed by atoms with E-state index >= 15 is 0 Å². The van der Waals surface area contributed by atoms with Gasteiger partial charge in [0.25, 0.3) is 0 Å². The molecule has 0 saturated carbocycles. The summed E-state index contributed by atoms with van der Waals surface area (Å²) in [6.07, 6.45) is 2.44. The summed E-state index contributed by atoms with van der Waals surface area (Å²) >= 11 is 0. The molecule has 0 aliphatic heterocycles. The molecule has 0 unspecified atom stereocenters. The van der Waals surface area contributed by atoms with E-state index in [2.05, 4.69) is 6.58 Å². The molecule has 3 heteroatoms. The van der Waals surface area contributed by atoms with Gasteiger partial charge in [0.15, 0.2) is 0 Å². The zero-order valence-electron chi connectivity index (χ0n) is 10.2. The van der Waals surface area contributed by atoms with Crippen molar-refractivity contribution in [3.05, 3.63) is 36.4 Å². The SMILES string of the molecule is C=Cc1ccc(OCC(CC)(CO)CO)cc1. The van der Waals surface area contributed by atoms with Crippen LogP contribution >= 0.6 is 0 Å². The maximum Gasteiger partial charge on any atom is 0.119 e. The van der Waals surface area contributed by atoms with Gasteiger partial charge in [0.05, 0.1) is 25.2 Å². The molecule has 0 heterocycles. The first-order valence-electron chi connectivity index (χ1n) is 5.76. The molecule has 0 amide bonds. The van der Waals surface area contributed by atoms with Gasteiger partial charge in [0.2, 0.25) is 0 Å². The van der Waals surface area contributed by atoms with Crippen LogP contribution in [0.4, 0.5) is 0 Å². The van der Waals surface area contributed by atoms with E-state index in [9.17, 15) is 10.2 Å². The summed E-state index contributed by atoms with van der Waals surface area (Å²) in [5.74, 6) is 0.732. The van der Waals surface area contributed by atoms with Gasteiger partial charge in [-0.05, 0) is 24.1 Å². The van der Waals surface area contributed by atoms with Crippen LogP contribution in [-0.2, 0) is 0 Å². The van der Waals surface area contributed by atoms with Crippen molar-refractivity contribution < 1.29 is 14.9 Å². The highest BCUT2D eigenvalue weighted by Crippen LogP contribution is 2.23. The number of hydrogen-bond donors (Lipinski definition) is 2. The fourth-order valence-corrected chi connectivity index (χ4v) is 1.40. The van der Waals surface area contributed by atoms with E-state index < -0.39 is 5.41 Å². The van der Waals surface area contributed by atoms with Crippen molar-refractivity contribution in [2.75, 3.05) is 19.8 Å². The Morgan fingerprint density at radius 2 is 1.82 bits per heavy atom. The Bertz CT molecular complexity index is 331. The van der Waals surface area contributed by atoms with Gasteiger partial charge >= 0.3 is 0 Å². The fourth-order valence-electron chi connectivity index (χ4n) is 1.40. The molecule has 0 bridgehead atoms. The molecule has 3 nitrogen and oxygen atoms in total. The molecule has 0 fully saturated rings. The van der Waals surface area contributed by atoms with Crippen LogP contribution in [-0.4, -0.2) is 30.0 Å². The molecule has 0 spiro atoms. The minimum atomic E-state index is -0.558. The maximum atomic E-state index is 9.28. The van der Waals surface area contributed by atoms with Gasteiger partial charge in [-0.1, -0.05) is 31.7 Å². The highest BCUT2D eigenvalue weighted by Gasteiger charge is 2.27. The van der Waals surface area contributed by atoms with Crippen molar-refractivity contribution in [1.29, 1.82) is 0 Å². The first-order valence-corrected chi connectivity index (χ1v) is 5.76. The fraction of sp³-hybridized carbons (Fsp3) is 0.429. The van der Waals surface area contributed by atoms with Gasteiger partial charge in [-0.25, -0.2) is 0 Å². The van der Waals surface area contributed by atoms with E-state index in [1.165, 1.54) is 0 Å². The Balaban J connectivity index is 2.62. The highest BCUT2D eigenvalue weighted by molar-refractivity contribution is 5.48. The first kappa shape index (κ1) is 13.7. The molecule has 1 rings (SSSR count). The molecule has 0 radical (unpaired) electrons. The molecule has 17 heavy (non-hydrogen) atoms. The number of benzene rings is 1. The first-order chi connectivity index (χ1) is 8.19. The summed E-state index contributed by atoms with van der Waals surface area (Å²) in [6, 6.07) is 7.53. The lowest BCUT2D eigenvalue weighted by Gasteiger charge is -2.28. The van der Waals surface area contributed by atoms with Crippen molar-refractivity contribution in [2.24, 2.45) is 5.41 Å². The summed E-state index contributed by atoms with van der Waals surface area (Å²) in [5, 5.41) is 18.6. The maximum absolute atomic E-state index is 9.28. The van der Waals surface area contributed by atoms with Crippen molar-refractivity contribution in [1.82, 2.24) is 0 Å². The lowest BCUT2D eigenvalue weighted by Crippen LogP contribution is -2.35. The topological polar surface area (TPSA) is 49.7 Å². The quantitative estimate of drug-likeness (QED) is 0.762. The van der Waals surface area contributed by atoms with E-state index in [1.807, 2.05) is 31.2 Å². The second kappa shape index (κ2) is 6.42. The van der Waals surface area contributed by atoms with Crippen molar-refractivity contribution >= 4 is 6.08 Å². The Morgan fingerprint density at radius 1 is 1.24 bits per heavy atom. The molecule has 1 aromatic rings. The van der Waals surface area contributed by atoms with Crippen LogP contribution in [0.2, 0.25) is 0 Å². The molecule has 94 valence electrons. The zero-order chi connectivity index (χ0) is 12.7. The van der Waals surface area contributed by atoms with Crippen LogP contribution in [0.25, 0.3) is 6.08 Å². The number of aliphatic hydroxyl groups is 2. The molecular weight excluding hydrogens is 216 g/mol. The van der Waals surface area contributed by atoms with Gasteiger partial charge in [-0.2, -0.15) is 0 Å². The van der Waals surface area contributed by atoms with Crippen LogP contribution in [0, 0.1) is 5.41 Å². The van der Waals surface area contributed by atoms with Gasteiger partial charge < -0.3 is 14.9 Å². The zero-order valence-corrected chi connectivity index (χ0v) is 10.2. The monoisotopic (exact) mass is 236 g/mol. The predicted molar refractivity (Wildman–Crippen MR) is 68.9 cm³/mol. The molecule has 0 aliphatic rings. The minimum absolute atomic E-state index is 0.0786. The molecule has 0 saturated heterocycles. The average molecular weight is 236 g/mol. The van der Waals surface area contributed by atoms with E-state index in [0.29, 0.717) is 13.0 Å². The number of rotatable bonds is 7. The summed E-state index contributed by atoms with van der Waals surface area (Å²) < 4.78 is 5.59. The van der Waals surface area contributed by atoms with Crippen LogP contribution in [0.3, 0.4) is 0 Å². The lowest BCUT2D eigenvalue weighted by molar-refractivity contribution is 0.0114. The van der Waals surface area contributed by atoms with Gasteiger partial charge in [-0.3, -0.25) is 0 Å². The Kier molecular flexibility index (Phi) is 5.19. The second-order valence-corrected chi connectivity index (χ2v) is 4.23. The van der Waals surface area contributed by atoms with Gasteiger partial charge in [0, 0.05) is 0 Å². The molecule has 2 N–H and O–H groups in total. The summed E-state index contributed by atoms with van der Waals surface area (Å²) in [6.45, 7) is 5.76. The van der Waals surface area contributed by atoms with Crippen molar-refractivity contribution in [3.63, 3.8) is 0 Å². The third kappa shape index (κ3) is 3.58. The normalized spacial score (nSPS) is 11.2. The largest absolute Gasteiger partial charge is 0.493 e. The third-order valence-electron chi connectivity index (χ3n) is 3.08. The average Bonchev–Trinajstić information content (AvgIpc) is 2.41. The van der Waals surface area contributed by atoms with Crippen LogP contribution in [0.15, 0.2) is 30.8 Å². The standard InChI is InChI=1S/C14H20O3/c1-3-12-5-7-13(8-6-12)17-11-14(4-2,9-15)10-16/h3,5-8,15-16H,1,4,9-11H2,2H3. The van der Waals surface area contributed by atoms with E-state index in [0.717, 1.165) is 11.3 Å². The number of hydrogen-bond acceptors (Lipinski definition) is 3.